The third kappa shape index (κ3) is 0.344. The fourth-order valence-corrected chi connectivity index (χ4v) is 0.276. The second kappa shape index (κ2) is 0.618. The van der Waals surface area contributed by atoms with Crippen molar-refractivity contribution in [2.45, 2.75) is 13.3 Å². The molecule has 0 N–H and O–H groups in total. The first-order valence-electron chi connectivity index (χ1n) is 1.81. The summed E-state index contributed by atoms with van der Waals surface area (Å²) in [7, 11) is 0. The van der Waals surface area contributed by atoms with Gasteiger partial charge in [-0.05, 0) is 20.3 Å². The number of hydrogen-bond donors (Lipinski definition) is 0. The standard InChI is InChI=1S/C5H7/c1-4-3-5(4)2/h1,3H2,2H3. The molecule has 1 radical (unpaired) electrons. The van der Waals surface area contributed by atoms with Crippen LogP contribution in [0.4, 0.5) is 0 Å². The highest BCUT2D eigenvalue weighted by Gasteiger charge is 2.07. The van der Waals surface area contributed by atoms with Gasteiger partial charge in [-0.25, -0.2) is 0 Å². The summed E-state index contributed by atoms with van der Waals surface area (Å²) in [5, 5.41) is 0. The fourth-order valence-electron chi connectivity index (χ4n) is 0.276. The molecule has 0 bridgehead atoms. The van der Waals surface area contributed by atoms with Crippen molar-refractivity contribution in [3.63, 3.8) is 0 Å². The minimum atomic E-state index is 1.19. The first kappa shape index (κ1) is 2.95. The van der Waals surface area contributed by atoms with E-state index in [1.165, 1.54) is 17.6 Å². The molecule has 0 atom stereocenters. The monoisotopic (exact) mass is 67.1 g/mol. The van der Waals surface area contributed by atoms with Crippen molar-refractivity contribution >= 4 is 0 Å². The molecule has 0 fully saturated rings. The van der Waals surface area contributed by atoms with E-state index in [1.807, 2.05) is 0 Å². The minimum Gasteiger partial charge on any atom is -0.0697 e. The Morgan fingerprint density at radius 1 is 1.80 bits per heavy atom. The van der Waals surface area contributed by atoms with Crippen molar-refractivity contribution in [3.8, 4) is 0 Å². The highest BCUT2D eigenvalue weighted by Crippen LogP contribution is 2.27. The smallest absolute Gasteiger partial charge is 0.0106 e. The molecule has 0 nitrogen and oxygen atoms in total. The Labute approximate surface area is 32.5 Å². The van der Waals surface area contributed by atoms with E-state index in [2.05, 4.69) is 13.8 Å². The maximum atomic E-state index is 3.71. The van der Waals surface area contributed by atoms with Crippen LogP contribution in [0.5, 0.6) is 0 Å². The quantitative estimate of drug-likeness (QED) is 0.403. The molecule has 0 heteroatoms. The molecule has 0 heterocycles. The van der Waals surface area contributed by atoms with Gasteiger partial charge in [-0.2, -0.15) is 0 Å². The van der Waals surface area contributed by atoms with Gasteiger partial charge in [0.2, 0.25) is 0 Å². The predicted molar refractivity (Wildman–Crippen MR) is 22.7 cm³/mol. The SMILES string of the molecule is [CH2]C1=C(C)C1. The highest BCUT2D eigenvalue weighted by atomic mass is 14.1. The van der Waals surface area contributed by atoms with Crippen LogP contribution in [0, 0.1) is 6.92 Å². The van der Waals surface area contributed by atoms with E-state index >= 15 is 0 Å². The lowest BCUT2D eigenvalue weighted by atomic mass is 10.6. The molecule has 1 aliphatic carbocycles. The van der Waals surface area contributed by atoms with E-state index in [0.29, 0.717) is 0 Å². The fraction of sp³-hybridized carbons (Fsp3) is 0.400. The van der Waals surface area contributed by atoms with Crippen LogP contribution in [-0.2, 0) is 0 Å². The van der Waals surface area contributed by atoms with E-state index in [4.69, 9.17) is 0 Å². The first-order valence-corrected chi connectivity index (χ1v) is 1.81. The molecule has 0 spiro atoms. The summed E-state index contributed by atoms with van der Waals surface area (Å²) in [6, 6.07) is 0. The zero-order chi connectivity index (χ0) is 3.86. The lowest BCUT2D eigenvalue weighted by Crippen LogP contribution is -1.28. The van der Waals surface area contributed by atoms with Gasteiger partial charge in [0, 0.05) is 0 Å². The van der Waals surface area contributed by atoms with Gasteiger partial charge in [0.05, 0.1) is 0 Å². The molecule has 0 saturated heterocycles. The van der Waals surface area contributed by atoms with Crippen LogP contribution in [-0.4, -0.2) is 0 Å². The Balaban J connectivity index is 2.59. The van der Waals surface area contributed by atoms with E-state index < -0.39 is 0 Å². The summed E-state index contributed by atoms with van der Waals surface area (Å²) < 4.78 is 0. The average Bonchev–Trinajstić information content (AvgIpc) is 1.79. The molecule has 0 aromatic rings. The first-order chi connectivity index (χ1) is 2.30. The van der Waals surface area contributed by atoms with Gasteiger partial charge in [-0.3, -0.25) is 0 Å². The Kier molecular flexibility index (Phi) is 0.365. The van der Waals surface area contributed by atoms with Crippen molar-refractivity contribution in [2.75, 3.05) is 0 Å². The molecule has 0 aromatic carbocycles. The lowest BCUT2D eigenvalue weighted by molar-refractivity contribution is 1.46. The van der Waals surface area contributed by atoms with Gasteiger partial charge in [0.15, 0.2) is 0 Å². The maximum absolute atomic E-state index is 3.71. The molecule has 0 aliphatic heterocycles. The van der Waals surface area contributed by atoms with Crippen LogP contribution in [0.2, 0.25) is 0 Å². The van der Waals surface area contributed by atoms with Crippen LogP contribution in [0.3, 0.4) is 0 Å². The summed E-state index contributed by atoms with van der Waals surface area (Å²) in [5.41, 5.74) is 2.81. The Morgan fingerprint density at radius 3 is 2.00 bits per heavy atom. The molecule has 5 heavy (non-hydrogen) atoms. The normalized spacial score (nSPS) is 20.4. The maximum Gasteiger partial charge on any atom is -0.0106 e. The molecule has 1 aliphatic rings. The van der Waals surface area contributed by atoms with Gasteiger partial charge < -0.3 is 0 Å². The Morgan fingerprint density at radius 2 is 2.00 bits per heavy atom. The van der Waals surface area contributed by atoms with Gasteiger partial charge >= 0.3 is 0 Å². The lowest BCUT2D eigenvalue weighted by Gasteiger charge is -1.47. The Bertz CT molecular complexity index is 68.0. The molecule has 1 rings (SSSR count). The van der Waals surface area contributed by atoms with E-state index in [-0.39, 0.29) is 0 Å². The zero-order valence-electron chi connectivity index (χ0n) is 3.41. The van der Waals surface area contributed by atoms with Crippen LogP contribution in [0.25, 0.3) is 0 Å². The van der Waals surface area contributed by atoms with E-state index in [9.17, 15) is 0 Å². The predicted octanol–water partition coefficient (Wildman–Crippen LogP) is 1.54. The van der Waals surface area contributed by atoms with E-state index in [1.54, 1.807) is 0 Å². The van der Waals surface area contributed by atoms with Crippen molar-refractivity contribution < 1.29 is 0 Å². The Hall–Kier alpha value is -0.260. The highest BCUT2D eigenvalue weighted by molar-refractivity contribution is 5.34. The molecule has 0 unspecified atom stereocenters. The molecule has 27 valence electrons. The van der Waals surface area contributed by atoms with Gasteiger partial charge in [-0.1, -0.05) is 11.1 Å². The van der Waals surface area contributed by atoms with Gasteiger partial charge in [-0.15, -0.1) is 0 Å². The van der Waals surface area contributed by atoms with Crippen LogP contribution in [0.1, 0.15) is 13.3 Å². The number of allylic oxidation sites excluding steroid dienone is 2. The van der Waals surface area contributed by atoms with Crippen molar-refractivity contribution in [2.24, 2.45) is 0 Å². The summed E-state index contributed by atoms with van der Waals surface area (Å²) in [5.74, 6) is 0. The number of hydrogen-bond acceptors (Lipinski definition) is 0. The molecular formula is C5H7. The molecule has 0 aromatic heterocycles. The summed E-state index contributed by atoms with van der Waals surface area (Å²) in [6.45, 7) is 5.82. The largest absolute Gasteiger partial charge is 0.0697 e. The van der Waals surface area contributed by atoms with Gasteiger partial charge in [0.1, 0.15) is 0 Å². The minimum absolute atomic E-state index is 1.19. The second-order valence-electron chi connectivity index (χ2n) is 1.56. The molecule has 0 saturated carbocycles. The van der Waals surface area contributed by atoms with E-state index in [0.717, 1.165) is 0 Å². The molecular weight excluding hydrogens is 60.1 g/mol. The van der Waals surface area contributed by atoms with Crippen LogP contribution >= 0.6 is 0 Å². The van der Waals surface area contributed by atoms with Crippen molar-refractivity contribution in [1.82, 2.24) is 0 Å². The topological polar surface area (TPSA) is 0 Å². The summed E-state index contributed by atoms with van der Waals surface area (Å²) in [4.78, 5) is 0. The zero-order valence-corrected chi connectivity index (χ0v) is 3.41. The van der Waals surface area contributed by atoms with Crippen LogP contribution < -0.4 is 0 Å². The second-order valence-corrected chi connectivity index (χ2v) is 1.56. The van der Waals surface area contributed by atoms with Crippen molar-refractivity contribution in [3.05, 3.63) is 18.1 Å². The summed E-state index contributed by atoms with van der Waals surface area (Å²) in [6.07, 6.45) is 1.19. The summed E-state index contributed by atoms with van der Waals surface area (Å²) >= 11 is 0. The number of rotatable bonds is 0. The van der Waals surface area contributed by atoms with Crippen molar-refractivity contribution in [1.29, 1.82) is 0 Å². The third-order valence-corrected chi connectivity index (χ3v) is 0.957. The third-order valence-electron chi connectivity index (χ3n) is 0.957. The van der Waals surface area contributed by atoms with Crippen LogP contribution in [0.15, 0.2) is 11.1 Å². The molecule has 0 amide bonds. The van der Waals surface area contributed by atoms with Gasteiger partial charge in [0.25, 0.3) is 0 Å². The average molecular weight is 67.1 g/mol.